The first-order chi connectivity index (χ1) is 47.0. The number of anilines is 1. The van der Waals surface area contributed by atoms with E-state index in [0.29, 0.717) is 92.4 Å². The second-order valence-corrected chi connectivity index (χ2v) is 33.2. The molecule has 3 amide bonds. The summed E-state index contributed by atoms with van der Waals surface area (Å²) in [5, 5.41) is 27.2. The molecule has 2 bridgehead atoms. The highest BCUT2D eigenvalue weighted by molar-refractivity contribution is 7.54. The van der Waals surface area contributed by atoms with E-state index in [1.165, 1.54) is 24.5 Å². The number of hydrogen-bond donors (Lipinski definition) is 5. The number of nitrogen functional groups attached to an aromatic ring is 1. The Balaban J connectivity index is 0.000000283. The number of nitrogens with two attached hydrogens (primary N) is 2. The van der Waals surface area contributed by atoms with E-state index in [1.807, 2.05) is 54.5 Å². The van der Waals surface area contributed by atoms with E-state index in [2.05, 4.69) is 36.1 Å². The second kappa shape index (κ2) is 35.9. The van der Waals surface area contributed by atoms with Crippen molar-refractivity contribution in [2.45, 2.75) is 180 Å². The van der Waals surface area contributed by atoms with Gasteiger partial charge in [-0.1, -0.05) is 38.1 Å². The number of methoxy groups -OCH3 is 1. The quantitative estimate of drug-likeness (QED) is 0.0252. The van der Waals surface area contributed by atoms with E-state index in [4.69, 9.17) is 107 Å². The zero-order valence-corrected chi connectivity index (χ0v) is 63.6. The zero-order valence-electron chi connectivity index (χ0n) is 58.2. The molecule has 24 nitrogen and oxygen atoms in total. The van der Waals surface area contributed by atoms with Gasteiger partial charge in [0.15, 0.2) is 16.7 Å². The Morgan fingerprint density at radius 2 is 1.38 bits per heavy atom. The van der Waals surface area contributed by atoms with Crippen LogP contribution in [0.3, 0.4) is 0 Å². The van der Waals surface area contributed by atoms with Gasteiger partial charge >= 0.3 is 49.4 Å². The van der Waals surface area contributed by atoms with Gasteiger partial charge in [-0.3, -0.25) is 9.59 Å². The lowest BCUT2D eigenvalue weighted by atomic mass is 9.43. The molecule has 7 N–H and O–H groups in total. The number of ether oxygens (including phenoxy) is 5. The van der Waals surface area contributed by atoms with Crippen LogP contribution in [0.25, 0.3) is 0 Å². The number of ketones is 2. The molecule has 2 aromatic carbocycles. The molecule has 4 aliphatic heterocycles. The number of aromatic nitrogens is 2. The standard InChI is InChI=1S/C43H62BN3O10S.C22H27BN4O7S.CH2Cl2.BCl3/c1-25-46-31(24-58-25)36(53-39(51)47-17-15-26(16-18-47)23-45-38(50)55-41(5,6)7)32(48)22-29(44-56-34-21-28-20-33(42(28,8)9)43(34,10)57-44)19-27-13-12-14-30(35(27)52-11)37(49)54-40(2,3)4;24-10-12-4-6-27(7-5-12)22(31)33-19(16-11-35-21(25)26-16)17(28)9-14-8-13-2-1-3-15(20(29)30)18(13)34-23(14)32;2-1-3;2-1(3)4/h12-14,24,26,28-29,33-34,36H,15-23H2,1-11H3,(H,45,50);1-3,11-12,14,19,32H,4-10,24H2,(H2,25,26)(H,29,30);1H2;/t28-,29+,33-,34+,36?,43-;14-,19?;;/m01../s1. The molecule has 6 fully saturated rings. The summed E-state index contributed by atoms with van der Waals surface area (Å²) in [6.45, 7) is 22.3. The number of nitrogens with one attached hydrogen (secondary N) is 1. The van der Waals surface area contributed by atoms with E-state index >= 15 is 0 Å². The maximum atomic E-state index is 14.7. The number of Topliss-reactive ketones (excluding diaryl/α,β-unsaturated/α-hetero) is 2. The van der Waals surface area contributed by atoms with E-state index in [9.17, 15) is 43.7 Å². The number of benzene rings is 2. The SMILES string of the molecule is COc1c(C[C@H](CC(=O)C(OC(=O)N2CCC(CNC(=O)OC(C)(C)C)CC2)c2csc(C)n2)B2O[C@@H]3C[C@@H]4C[C@@H](C4(C)C)[C@]3(C)O2)cccc1C(=O)OC(C)(C)C.ClB(Cl)Cl.ClCCl.NCC1CCN(C(=O)OC(C(=O)C[C@H]2Cc3cccc(C(=O)O)c3OB2O)c2csc(N)n2)CC1. The molecule has 3 saturated heterocycles. The highest BCUT2D eigenvalue weighted by Crippen LogP contribution is 2.66. The first-order valence-electron chi connectivity index (χ1n) is 33.2. The molecular weight excluding hydrogens is 1440 g/mol. The second-order valence-electron chi connectivity index (χ2n) is 28.5. The summed E-state index contributed by atoms with van der Waals surface area (Å²) in [7, 11) is -0.634. The predicted molar refractivity (Wildman–Crippen MR) is 388 cm³/mol. The summed E-state index contributed by atoms with van der Waals surface area (Å²) in [5.74, 6) is -1.88. The summed E-state index contributed by atoms with van der Waals surface area (Å²) >= 11 is 26.4. The lowest BCUT2D eigenvalue weighted by Crippen LogP contribution is -2.65. The molecule has 3 aliphatic carbocycles. The number of nitrogens with zero attached hydrogens (tertiary/aromatic N) is 4. The molecule has 7 aliphatic rings. The monoisotopic (exact) mass is 1530 g/mol. The number of carbonyl (C=O) groups excluding carboxylic acids is 6. The topological polar surface area (TPSA) is 330 Å². The Morgan fingerprint density at radius 1 is 0.820 bits per heavy atom. The number of piperidine rings is 2. The lowest BCUT2D eigenvalue weighted by molar-refractivity contribution is -0.199. The van der Waals surface area contributed by atoms with Gasteiger partial charge in [0.1, 0.15) is 34.0 Å². The van der Waals surface area contributed by atoms with Crippen molar-refractivity contribution in [3.63, 3.8) is 0 Å². The van der Waals surface area contributed by atoms with Crippen LogP contribution in [0.15, 0.2) is 47.2 Å². The fourth-order valence-corrected chi connectivity index (χ4v) is 15.0. The first-order valence-corrected chi connectivity index (χ1v) is 37.4. The Morgan fingerprint density at radius 3 is 1.91 bits per heavy atom. The summed E-state index contributed by atoms with van der Waals surface area (Å²) in [4.78, 5) is 103. The number of esters is 1. The minimum absolute atomic E-state index is 0.0578. The normalized spacial score (nSPS) is 21.7. The maximum absolute atomic E-state index is 14.7. The Labute approximate surface area is 618 Å². The van der Waals surface area contributed by atoms with Crippen molar-refractivity contribution >= 4 is 146 Å². The van der Waals surface area contributed by atoms with E-state index in [1.54, 1.807) is 44.8 Å². The average Bonchev–Trinajstić information content (AvgIpc) is 1.39. The molecule has 3 saturated carbocycles. The van der Waals surface area contributed by atoms with Crippen LogP contribution in [0.1, 0.15) is 174 Å². The van der Waals surface area contributed by atoms with Gasteiger partial charge in [-0.15, -0.1) is 45.9 Å². The third-order valence-electron chi connectivity index (χ3n) is 18.9. The summed E-state index contributed by atoms with van der Waals surface area (Å²) in [6.07, 6.45) is 0.674. The van der Waals surface area contributed by atoms with Crippen LogP contribution in [0, 0.1) is 36.0 Å². The predicted octanol–water partition coefficient (Wildman–Crippen LogP) is 13.0. The fraction of sp³-hybridized carbons (Fsp3) is 0.621. The third-order valence-corrected chi connectivity index (χ3v) is 20.4. The fourth-order valence-electron chi connectivity index (χ4n) is 13.8. The number of amides is 3. The van der Waals surface area contributed by atoms with E-state index < -0.39 is 95.8 Å². The van der Waals surface area contributed by atoms with Crippen molar-refractivity contribution < 1.29 is 81.3 Å². The van der Waals surface area contributed by atoms with E-state index in [-0.39, 0.29) is 81.9 Å². The van der Waals surface area contributed by atoms with Crippen LogP contribution in [-0.2, 0) is 50.7 Å². The molecule has 548 valence electrons. The van der Waals surface area contributed by atoms with Gasteiger partial charge in [0.05, 0.1) is 40.4 Å². The number of likely N-dealkylation sites (tertiary alicyclic amines) is 2. The van der Waals surface area contributed by atoms with Crippen molar-refractivity contribution in [2.24, 2.45) is 34.8 Å². The number of carboxylic acid groups (broad SMARTS) is 1. The van der Waals surface area contributed by atoms with Crippen molar-refractivity contribution in [3.05, 3.63) is 85.8 Å². The van der Waals surface area contributed by atoms with Crippen molar-refractivity contribution in [3.8, 4) is 11.5 Å². The molecule has 6 heterocycles. The van der Waals surface area contributed by atoms with Gasteiger partial charge in [0.2, 0.25) is 12.2 Å². The zero-order chi connectivity index (χ0) is 73.8. The minimum Gasteiger partial charge on any atom is -0.535 e. The number of aryl methyl sites for hydroxylation is 1. The number of para-hydroxylation sites is 2. The Kier molecular flexibility index (Phi) is 29.4. The van der Waals surface area contributed by atoms with Gasteiger partial charge in [-0.2, -0.15) is 34.4 Å². The van der Waals surface area contributed by atoms with Gasteiger partial charge in [0.25, 0.3) is 0 Å². The molecule has 34 heteroatoms. The van der Waals surface area contributed by atoms with Crippen molar-refractivity contribution in [2.75, 3.05) is 57.5 Å². The van der Waals surface area contributed by atoms with Crippen LogP contribution in [-0.4, -0.2) is 166 Å². The molecule has 100 heavy (non-hydrogen) atoms. The number of thiazole rings is 2. The number of halogens is 5. The summed E-state index contributed by atoms with van der Waals surface area (Å²) in [5.41, 5.74) is 11.8. The van der Waals surface area contributed by atoms with Gasteiger partial charge in [0, 0.05) is 68.0 Å². The maximum Gasteiger partial charge on any atom is 0.526 e. The average molecular weight is 1530 g/mol. The van der Waals surface area contributed by atoms with Crippen LogP contribution >= 0.6 is 80.3 Å². The Bertz CT molecular complexity index is 3480. The molecule has 0 radical (unpaired) electrons. The van der Waals surface area contributed by atoms with Gasteiger partial charge in [-0.05, 0) is 166 Å². The molecule has 11 rings (SSSR count). The molecule has 2 unspecified atom stereocenters. The summed E-state index contributed by atoms with van der Waals surface area (Å²) in [6, 6.07) is 9.99. The number of alkyl carbamates (subject to hydrolysis) is 1. The van der Waals surface area contributed by atoms with Crippen LogP contribution in [0.5, 0.6) is 11.5 Å². The number of hydrogen-bond acceptors (Lipinski definition) is 22. The number of fused-ring (bicyclic) bond motifs is 1. The summed E-state index contributed by atoms with van der Waals surface area (Å²) < 4.78 is 47.9. The number of aromatic carboxylic acids is 1. The molecule has 2 aromatic heterocycles. The highest BCUT2D eigenvalue weighted by atomic mass is 35.6. The van der Waals surface area contributed by atoms with Gasteiger partial charge < -0.3 is 74.4 Å². The largest absolute Gasteiger partial charge is 0.535 e. The first kappa shape index (κ1) is 82.0. The van der Waals surface area contributed by atoms with Crippen molar-refractivity contribution in [1.29, 1.82) is 0 Å². The number of alkyl halides is 2. The smallest absolute Gasteiger partial charge is 0.526 e. The Hall–Kier alpha value is -5.33. The van der Waals surface area contributed by atoms with Crippen molar-refractivity contribution in [1.82, 2.24) is 25.1 Å². The number of carboxylic acids is 1. The van der Waals surface area contributed by atoms with Crippen LogP contribution < -0.4 is 26.2 Å². The third kappa shape index (κ3) is 21.9. The van der Waals surface area contributed by atoms with Gasteiger partial charge in [-0.25, -0.2) is 33.9 Å². The highest BCUT2D eigenvalue weighted by Gasteiger charge is 2.68. The molecular formula is C66H91B3Cl5N7O17S2. The molecule has 0 spiro atoms. The van der Waals surface area contributed by atoms with E-state index in [0.717, 1.165) is 42.0 Å². The minimum atomic E-state index is -1.40. The molecule has 8 atom stereocenters. The lowest BCUT2D eigenvalue weighted by Gasteiger charge is -2.64. The number of rotatable bonds is 19. The van der Waals surface area contributed by atoms with Crippen LogP contribution in [0.4, 0.5) is 19.5 Å². The van der Waals surface area contributed by atoms with Crippen LogP contribution in [0.2, 0.25) is 11.6 Å². The molecule has 4 aromatic rings. The number of carbonyl (C=O) groups is 7.